The molecule has 0 spiro atoms. The summed E-state index contributed by atoms with van der Waals surface area (Å²) in [5.74, 6) is -0.491. The van der Waals surface area contributed by atoms with Crippen LogP contribution in [0.5, 0.6) is 0 Å². The molecule has 1 unspecified atom stereocenters. The van der Waals surface area contributed by atoms with Crippen molar-refractivity contribution >= 4 is 50.0 Å². The maximum atomic E-state index is 12.9. The van der Waals surface area contributed by atoms with E-state index in [1.807, 2.05) is 55.6 Å². The molecular weight excluding hydrogens is 372 g/mol. The van der Waals surface area contributed by atoms with Crippen molar-refractivity contribution in [2.45, 2.75) is 26.3 Å². The molecule has 1 atom stereocenters. The number of thiazole rings is 1. The summed E-state index contributed by atoms with van der Waals surface area (Å²) in [6, 6.07) is 12.9. The Bertz CT molecular complexity index is 1180. The number of fused-ring (bicyclic) bond motifs is 2. The molecule has 2 heterocycles. The molecule has 4 aromatic rings. The molecule has 0 saturated carbocycles. The number of nitrogens with zero attached hydrogens (tertiary/aromatic N) is 1. The number of H-pyrrole nitrogens is 1. The summed E-state index contributed by atoms with van der Waals surface area (Å²) in [4.78, 5) is 32.2. The number of amides is 2. The third-order valence-corrected chi connectivity index (χ3v) is 5.49. The molecule has 2 amide bonds. The SMILES string of the molecule is CC(=O)NC(Cc1c[nH]c2ccccc12)C(=O)Nc1ccc2nc(C)sc2c1. The molecule has 3 N–H and O–H groups in total. The van der Waals surface area contributed by atoms with Crippen LogP contribution in [0.25, 0.3) is 21.1 Å². The molecule has 0 bridgehead atoms. The van der Waals surface area contributed by atoms with Crippen molar-refractivity contribution in [3.05, 3.63) is 59.2 Å². The quantitative estimate of drug-likeness (QED) is 0.483. The van der Waals surface area contributed by atoms with Crippen LogP contribution in [0.15, 0.2) is 48.7 Å². The van der Waals surface area contributed by atoms with Gasteiger partial charge in [0.15, 0.2) is 0 Å². The van der Waals surface area contributed by atoms with Gasteiger partial charge in [0.05, 0.1) is 15.2 Å². The van der Waals surface area contributed by atoms with Crippen LogP contribution in [0.2, 0.25) is 0 Å². The molecule has 2 aromatic heterocycles. The predicted molar refractivity (Wildman–Crippen MR) is 113 cm³/mol. The highest BCUT2D eigenvalue weighted by Gasteiger charge is 2.22. The van der Waals surface area contributed by atoms with E-state index >= 15 is 0 Å². The summed E-state index contributed by atoms with van der Waals surface area (Å²) in [5.41, 5.74) is 3.59. The van der Waals surface area contributed by atoms with E-state index in [0.29, 0.717) is 12.1 Å². The number of hydrogen-bond donors (Lipinski definition) is 3. The van der Waals surface area contributed by atoms with Gasteiger partial charge in [-0.2, -0.15) is 0 Å². The van der Waals surface area contributed by atoms with Crippen LogP contribution >= 0.6 is 11.3 Å². The highest BCUT2D eigenvalue weighted by molar-refractivity contribution is 7.18. The Hall–Kier alpha value is -3.19. The van der Waals surface area contributed by atoms with Gasteiger partial charge < -0.3 is 15.6 Å². The van der Waals surface area contributed by atoms with Crippen molar-refractivity contribution in [1.82, 2.24) is 15.3 Å². The summed E-state index contributed by atoms with van der Waals surface area (Å²) < 4.78 is 1.02. The number of benzene rings is 2. The molecule has 2 aromatic carbocycles. The second-order valence-corrected chi connectivity index (χ2v) is 7.96. The Kier molecular flexibility index (Phi) is 4.83. The number of anilines is 1. The molecular formula is C21H20N4O2S. The van der Waals surface area contributed by atoms with Crippen LogP contribution in [0, 0.1) is 6.92 Å². The first-order valence-corrected chi connectivity index (χ1v) is 9.81. The molecule has 0 saturated heterocycles. The molecule has 6 nitrogen and oxygen atoms in total. The molecule has 142 valence electrons. The van der Waals surface area contributed by atoms with E-state index in [-0.39, 0.29) is 11.8 Å². The lowest BCUT2D eigenvalue weighted by Crippen LogP contribution is -2.44. The monoisotopic (exact) mass is 392 g/mol. The van der Waals surface area contributed by atoms with E-state index in [1.54, 1.807) is 11.3 Å². The third kappa shape index (κ3) is 3.75. The second-order valence-electron chi connectivity index (χ2n) is 6.72. The number of aromatic nitrogens is 2. The van der Waals surface area contributed by atoms with Gasteiger partial charge in [-0.25, -0.2) is 4.98 Å². The minimum atomic E-state index is -0.671. The van der Waals surface area contributed by atoms with Crippen LogP contribution < -0.4 is 10.6 Å². The average Bonchev–Trinajstić information content (AvgIpc) is 3.23. The van der Waals surface area contributed by atoms with Gasteiger partial charge >= 0.3 is 0 Å². The lowest BCUT2D eigenvalue weighted by Gasteiger charge is -2.17. The summed E-state index contributed by atoms with van der Waals surface area (Å²) in [6.07, 6.45) is 2.29. The van der Waals surface area contributed by atoms with Crippen molar-refractivity contribution in [3.63, 3.8) is 0 Å². The predicted octanol–water partition coefficient (Wildman–Crippen LogP) is 3.77. The van der Waals surface area contributed by atoms with E-state index in [1.165, 1.54) is 6.92 Å². The van der Waals surface area contributed by atoms with E-state index < -0.39 is 6.04 Å². The van der Waals surface area contributed by atoms with E-state index in [9.17, 15) is 9.59 Å². The zero-order valence-corrected chi connectivity index (χ0v) is 16.4. The van der Waals surface area contributed by atoms with Gasteiger partial charge in [0.1, 0.15) is 6.04 Å². The van der Waals surface area contributed by atoms with Gasteiger partial charge in [0, 0.05) is 36.1 Å². The zero-order valence-electron chi connectivity index (χ0n) is 15.6. The number of para-hydroxylation sites is 1. The van der Waals surface area contributed by atoms with Crippen molar-refractivity contribution in [3.8, 4) is 0 Å². The molecule has 0 aliphatic heterocycles. The number of carbonyl (C=O) groups is 2. The molecule has 7 heteroatoms. The molecule has 4 rings (SSSR count). The lowest BCUT2D eigenvalue weighted by atomic mass is 10.0. The summed E-state index contributed by atoms with van der Waals surface area (Å²) in [7, 11) is 0. The Morgan fingerprint density at radius 2 is 2.04 bits per heavy atom. The number of carbonyl (C=O) groups excluding carboxylic acids is 2. The van der Waals surface area contributed by atoms with Gasteiger partial charge in [0.25, 0.3) is 0 Å². The van der Waals surface area contributed by atoms with E-state index in [4.69, 9.17) is 0 Å². The van der Waals surface area contributed by atoms with E-state index in [2.05, 4.69) is 20.6 Å². The maximum absolute atomic E-state index is 12.9. The lowest BCUT2D eigenvalue weighted by molar-refractivity contribution is -0.125. The number of nitrogens with one attached hydrogen (secondary N) is 3. The largest absolute Gasteiger partial charge is 0.361 e. The van der Waals surface area contributed by atoms with Crippen molar-refractivity contribution in [1.29, 1.82) is 0 Å². The highest BCUT2D eigenvalue weighted by Crippen LogP contribution is 2.25. The number of aryl methyl sites for hydroxylation is 1. The molecule has 0 aliphatic rings. The maximum Gasteiger partial charge on any atom is 0.247 e. The topological polar surface area (TPSA) is 86.9 Å². The second kappa shape index (κ2) is 7.44. The molecule has 0 aliphatic carbocycles. The smallest absolute Gasteiger partial charge is 0.247 e. The number of hydrogen-bond acceptors (Lipinski definition) is 4. The van der Waals surface area contributed by atoms with Gasteiger partial charge in [-0.1, -0.05) is 18.2 Å². The van der Waals surface area contributed by atoms with Gasteiger partial charge in [-0.3, -0.25) is 9.59 Å². The minimum absolute atomic E-state index is 0.242. The fraction of sp³-hybridized carbons (Fsp3) is 0.190. The van der Waals surface area contributed by atoms with Gasteiger partial charge in [-0.05, 0) is 36.8 Å². The normalized spacial score (nSPS) is 12.2. The van der Waals surface area contributed by atoms with E-state index in [0.717, 1.165) is 31.7 Å². The van der Waals surface area contributed by atoms with Crippen molar-refractivity contribution in [2.24, 2.45) is 0 Å². The Labute approximate surface area is 166 Å². The van der Waals surface area contributed by atoms with Crippen LogP contribution in [0.4, 0.5) is 5.69 Å². The average molecular weight is 392 g/mol. The first-order valence-electron chi connectivity index (χ1n) is 9.00. The third-order valence-electron chi connectivity index (χ3n) is 4.56. The summed E-state index contributed by atoms with van der Waals surface area (Å²) in [6.45, 7) is 3.37. The van der Waals surface area contributed by atoms with Crippen LogP contribution in [0.3, 0.4) is 0 Å². The molecule has 0 fully saturated rings. The summed E-state index contributed by atoms with van der Waals surface area (Å²) in [5, 5.41) is 7.72. The van der Waals surface area contributed by atoms with Crippen LogP contribution in [0.1, 0.15) is 17.5 Å². The Balaban J connectivity index is 1.57. The Morgan fingerprint density at radius 3 is 2.86 bits per heavy atom. The van der Waals surface area contributed by atoms with Crippen molar-refractivity contribution in [2.75, 3.05) is 5.32 Å². The standard InChI is InChI=1S/C21H20N4O2S/c1-12(26)23-19(9-14-11-22-17-6-4-3-5-16(14)17)21(27)25-15-7-8-18-20(10-15)28-13(2)24-18/h3-8,10-11,19,22H,9H2,1-2H3,(H,23,26)(H,25,27). The first-order chi connectivity index (χ1) is 13.5. The first kappa shape index (κ1) is 18.2. The van der Waals surface area contributed by atoms with Crippen LogP contribution in [-0.2, 0) is 16.0 Å². The van der Waals surface area contributed by atoms with Crippen molar-refractivity contribution < 1.29 is 9.59 Å². The number of rotatable bonds is 5. The van der Waals surface area contributed by atoms with Crippen LogP contribution in [-0.4, -0.2) is 27.8 Å². The fourth-order valence-electron chi connectivity index (χ4n) is 3.32. The minimum Gasteiger partial charge on any atom is -0.361 e. The Morgan fingerprint density at radius 1 is 1.21 bits per heavy atom. The highest BCUT2D eigenvalue weighted by atomic mass is 32.1. The zero-order chi connectivity index (χ0) is 19.7. The van der Waals surface area contributed by atoms with Gasteiger partial charge in [-0.15, -0.1) is 11.3 Å². The number of aromatic amines is 1. The fourth-order valence-corrected chi connectivity index (χ4v) is 4.19. The molecule has 28 heavy (non-hydrogen) atoms. The summed E-state index contributed by atoms with van der Waals surface area (Å²) >= 11 is 1.58. The molecule has 0 radical (unpaired) electrons. The van der Waals surface area contributed by atoms with Gasteiger partial charge in [0.2, 0.25) is 11.8 Å².